The predicted molar refractivity (Wildman–Crippen MR) is 104 cm³/mol. The average molecular weight is 338 g/mol. The van der Waals surface area contributed by atoms with Gasteiger partial charge >= 0.3 is 0 Å². The highest BCUT2D eigenvalue weighted by Gasteiger charge is 2.21. The SMILES string of the molecule is CCCC[C@H](c1ccc(OCc2ccccc2)cc1)N1CCNCC1. The Balaban J connectivity index is 1.63. The molecule has 2 aromatic rings. The van der Waals surface area contributed by atoms with E-state index in [1.54, 1.807) is 0 Å². The molecule has 1 N–H and O–H groups in total. The van der Waals surface area contributed by atoms with Crippen LogP contribution >= 0.6 is 0 Å². The van der Waals surface area contributed by atoms with E-state index in [9.17, 15) is 0 Å². The lowest BCUT2D eigenvalue weighted by molar-refractivity contribution is 0.163. The maximum atomic E-state index is 5.93. The van der Waals surface area contributed by atoms with Gasteiger partial charge in [-0.15, -0.1) is 0 Å². The summed E-state index contributed by atoms with van der Waals surface area (Å²) in [5.41, 5.74) is 2.62. The van der Waals surface area contributed by atoms with E-state index in [-0.39, 0.29) is 0 Å². The minimum Gasteiger partial charge on any atom is -0.489 e. The summed E-state index contributed by atoms with van der Waals surface area (Å²) in [7, 11) is 0. The maximum absolute atomic E-state index is 5.93. The number of benzene rings is 2. The first-order valence-electron chi connectivity index (χ1n) is 9.58. The van der Waals surface area contributed by atoms with Crippen LogP contribution < -0.4 is 10.1 Å². The molecule has 1 aliphatic rings. The highest BCUT2D eigenvalue weighted by Crippen LogP contribution is 2.28. The highest BCUT2D eigenvalue weighted by molar-refractivity contribution is 5.30. The molecule has 3 heteroatoms. The molecule has 1 saturated heterocycles. The lowest BCUT2D eigenvalue weighted by Gasteiger charge is -2.35. The van der Waals surface area contributed by atoms with Gasteiger partial charge in [-0.3, -0.25) is 4.90 Å². The van der Waals surface area contributed by atoms with Crippen molar-refractivity contribution in [2.24, 2.45) is 0 Å². The largest absolute Gasteiger partial charge is 0.489 e. The molecule has 0 bridgehead atoms. The molecular formula is C22H30N2O. The zero-order valence-corrected chi connectivity index (χ0v) is 15.3. The Morgan fingerprint density at radius 3 is 2.40 bits per heavy atom. The van der Waals surface area contributed by atoms with Crippen molar-refractivity contribution in [1.29, 1.82) is 0 Å². The van der Waals surface area contributed by atoms with Gasteiger partial charge in [-0.25, -0.2) is 0 Å². The average Bonchev–Trinajstić information content (AvgIpc) is 2.69. The standard InChI is InChI=1S/C22H30N2O/c1-2-3-9-22(24-16-14-23-15-17-24)20-10-12-21(13-11-20)25-18-19-7-5-4-6-8-19/h4-8,10-13,22-23H,2-3,9,14-18H2,1H3/t22-/m1/s1. The Labute approximate surface area is 152 Å². The first kappa shape index (κ1) is 18.0. The van der Waals surface area contributed by atoms with Crippen molar-refractivity contribution in [2.75, 3.05) is 26.2 Å². The van der Waals surface area contributed by atoms with E-state index in [1.165, 1.54) is 30.4 Å². The van der Waals surface area contributed by atoms with Gasteiger partial charge in [0.25, 0.3) is 0 Å². The van der Waals surface area contributed by atoms with Crippen LogP contribution in [0.3, 0.4) is 0 Å². The normalized spacial score (nSPS) is 16.5. The summed E-state index contributed by atoms with van der Waals surface area (Å²) in [5.74, 6) is 0.946. The van der Waals surface area contributed by atoms with Crippen LogP contribution in [-0.4, -0.2) is 31.1 Å². The van der Waals surface area contributed by atoms with Gasteiger partial charge in [0.05, 0.1) is 0 Å². The number of unbranched alkanes of at least 4 members (excludes halogenated alkanes) is 1. The Hall–Kier alpha value is -1.84. The molecule has 0 saturated carbocycles. The van der Waals surface area contributed by atoms with Crippen molar-refractivity contribution in [3.8, 4) is 5.75 Å². The maximum Gasteiger partial charge on any atom is 0.119 e. The Morgan fingerprint density at radius 2 is 1.72 bits per heavy atom. The summed E-state index contributed by atoms with van der Waals surface area (Å²) < 4.78 is 5.93. The van der Waals surface area contributed by atoms with Gasteiger partial charge in [-0.1, -0.05) is 62.2 Å². The molecule has 3 rings (SSSR count). The van der Waals surface area contributed by atoms with Gasteiger partial charge < -0.3 is 10.1 Å². The number of hydrogen-bond donors (Lipinski definition) is 1. The van der Waals surface area contributed by atoms with E-state index < -0.39 is 0 Å². The first-order valence-corrected chi connectivity index (χ1v) is 9.58. The second-order valence-corrected chi connectivity index (χ2v) is 6.79. The number of piperazine rings is 1. The van der Waals surface area contributed by atoms with Crippen molar-refractivity contribution in [1.82, 2.24) is 10.2 Å². The van der Waals surface area contributed by atoms with E-state index in [4.69, 9.17) is 4.74 Å². The lowest BCUT2D eigenvalue weighted by Crippen LogP contribution is -2.45. The highest BCUT2D eigenvalue weighted by atomic mass is 16.5. The van der Waals surface area contributed by atoms with Crippen LogP contribution in [0, 0.1) is 0 Å². The summed E-state index contributed by atoms with van der Waals surface area (Å²) in [6.45, 7) is 7.37. The third kappa shape index (κ3) is 5.32. The topological polar surface area (TPSA) is 24.5 Å². The third-order valence-corrected chi connectivity index (χ3v) is 4.94. The van der Waals surface area contributed by atoms with Crippen molar-refractivity contribution in [3.63, 3.8) is 0 Å². The van der Waals surface area contributed by atoms with E-state index in [0.717, 1.165) is 31.9 Å². The molecule has 0 radical (unpaired) electrons. The smallest absolute Gasteiger partial charge is 0.119 e. The lowest BCUT2D eigenvalue weighted by atomic mass is 9.98. The summed E-state index contributed by atoms with van der Waals surface area (Å²) in [6.07, 6.45) is 3.77. The summed E-state index contributed by atoms with van der Waals surface area (Å²) in [6, 6.07) is 19.6. The zero-order chi connectivity index (χ0) is 17.3. The minimum absolute atomic E-state index is 0.533. The molecule has 0 aliphatic carbocycles. The van der Waals surface area contributed by atoms with Gasteiger partial charge in [0, 0.05) is 32.2 Å². The molecule has 1 atom stereocenters. The number of hydrogen-bond acceptors (Lipinski definition) is 3. The van der Waals surface area contributed by atoms with Crippen LogP contribution in [0.1, 0.15) is 43.4 Å². The van der Waals surface area contributed by atoms with Crippen LogP contribution in [0.4, 0.5) is 0 Å². The molecule has 25 heavy (non-hydrogen) atoms. The van der Waals surface area contributed by atoms with Gasteiger partial charge in [-0.05, 0) is 29.7 Å². The Bertz CT molecular complexity index is 606. The molecule has 2 aromatic carbocycles. The number of nitrogens with one attached hydrogen (secondary N) is 1. The molecular weight excluding hydrogens is 308 g/mol. The van der Waals surface area contributed by atoms with Crippen molar-refractivity contribution >= 4 is 0 Å². The molecule has 0 amide bonds. The fourth-order valence-corrected chi connectivity index (χ4v) is 3.48. The summed E-state index contributed by atoms with van der Waals surface area (Å²) in [5, 5.41) is 3.46. The summed E-state index contributed by atoms with van der Waals surface area (Å²) in [4.78, 5) is 2.63. The van der Waals surface area contributed by atoms with Crippen LogP contribution in [0.2, 0.25) is 0 Å². The third-order valence-electron chi connectivity index (χ3n) is 4.94. The number of rotatable bonds is 8. The van der Waals surface area contributed by atoms with Gasteiger partial charge in [-0.2, -0.15) is 0 Å². The number of ether oxygens (including phenoxy) is 1. The fraction of sp³-hybridized carbons (Fsp3) is 0.455. The fourth-order valence-electron chi connectivity index (χ4n) is 3.48. The van der Waals surface area contributed by atoms with E-state index in [2.05, 4.69) is 53.5 Å². The van der Waals surface area contributed by atoms with Gasteiger partial charge in [0.2, 0.25) is 0 Å². The zero-order valence-electron chi connectivity index (χ0n) is 15.3. The van der Waals surface area contributed by atoms with Crippen LogP contribution in [0.5, 0.6) is 5.75 Å². The minimum atomic E-state index is 0.533. The Kier molecular flexibility index (Phi) is 6.89. The number of nitrogens with zero attached hydrogens (tertiary/aromatic N) is 1. The molecule has 134 valence electrons. The van der Waals surface area contributed by atoms with Crippen molar-refractivity contribution < 1.29 is 4.74 Å². The van der Waals surface area contributed by atoms with E-state index in [1.807, 2.05) is 18.2 Å². The van der Waals surface area contributed by atoms with Crippen LogP contribution in [0.15, 0.2) is 54.6 Å². The van der Waals surface area contributed by atoms with E-state index >= 15 is 0 Å². The van der Waals surface area contributed by atoms with Gasteiger partial charge in [0.1, 0.15) is 12.4 Å². The Morgan fingerprint density at radius 1 is 1.00 bits per heavy atom. The molecule has 3 nitrogen and oxygen atoms in total. The quantitative estimate of drug-likeness (QED) is 0.772. The monoisotopic (exact) mass is 338 g/mol. The van der Waals surface area contributed by atoms with Crippen molar-refractivity contribution in [2.45, 2.75) is 38.8 Å². The van der Waals surface area contributed by atoms with Crippen LogP contribution in [-0.2, 0) is 6.61 Å². The molecule has 1 aliphatic heterocycles. The molecule has 0 spiro atoms. The molecule has 0 unspecified atom stereocenters. The molecule has 1 heterocycles. The second kappa shape index (κ2) is 9.59. The van der Waals surface area contributed by atoms with Crippen LogP contribution in [0.25, 0.3) is 0 Å². The predicted octanol–water partition coefficient (Wildman–Crippen LogP) is 4.40. The second-order valence-electron chi connectivity index (χ2n) is 6.79. The first-order chi connectivity index (χ1) is 12.4. The molecule has 1 fully saturated rings. The van der Waals surface area contributed by atoms with Crippen molar-refractivity contribution in [3.05, 3.63) is 65.7 Å². The summed E-state index contributed by atoms with van der Waals surface area (Å²) >= 11 is 0. The van der Waals surface area contributed by atoms with Gasteiger partial charge in [0.15, 0.2) is 0 Å². The molecule has 0 aromatic heterocycles. The van der Waals surface area contributed by atoms with E-state index in [0.29, 0.717) is 12.6 Å².